The van der Waals surface area contributed by atoms with Crippen LogP contribution in [0.1, 0.15) is 5.56 Å². The summed E-state index contributed by atoms with van der Waals surface area (Å²) in [6.45, 7) is -0.0719. The third-order valence-corrected chi connectivity index (χ3v) is 3.81. The molecule has 2 amide bonds. The highest BCUT2D eigenvalue weighted by Gasteiger charge is 2.09. The van der Waals surface area contributed by atoms with Crippen molar-refractivity contribution in [2.45, 2.75) is 6.54 Å². The van der Waals surface area contributed by atoms with E-state index < -0.39 is 5.91 Å². The maximum Gasteiger partial charge on any atom is 0.258 e. The van der Waals surface area contributed by atoms with Gasteiger partial charge in [-0.2, -0.15) is 0 Å². The Hall–Kier alpha value is -3.42. The molecule has 0 bridgehead atoms. The van der Waals surface area contributed by atoms with Crippen LogP contribution < -0.4 is 29.6 Å². The van der Waals surface area contributed by atoms with E-state index in [0.29, 0.717) is 29.5 Å². The summed E-state index contributed by atoms with van der Waals surface area (Å²) in [6, 6.07) is 12.4. The van der Waals surface area contributed by atoms with Crippen molar-refractivity contribution in [1.29, 1.82) is 0 Å². The van der Waals surface area contributed by atoms with Crippen LogP contribution in [0.3, 0.4) is 0 Å². The van der Waals surface area contributed by atoms with Gasteiger partial charge in [-0.25, -0.2) is 0 Å². The van der Waals surface area contributed by atoms with Crippen molar-refractivity contribution < 1.29 is 28.5 Å². The molecule has 0 aliphatic carbocycles. The molecule has 0 saturated carbocycles. The van der Waals surface area contributed by atoms with Crippen LogP contribution in [0.5, 0.6) is 23.0 Å². The standard InChI is InChI=1S/C20H24N2O6/c1-25-15-6-4-5-7-17(15)28-13-20(24)22-12-19(23)21-11-14-8-9-16(26-2)18(10-14)27-3/h4-10H,11-13H2,1-3H3,(H,21,23)(H,22,24). The van der Waals surface area contributed by atoms with Gasteiger partial charge in [0.2, 0.25) is 5.91 Å². The Bertz CT molecular complexity index is 809. The number of benzene rings is 2. The summed E-state index contributed by atoms with van der Waals surface area (Å²) in [7, 11) is 4.62. The minimum Gasteiger partial charge on any atom is -0.493 e. The smallest absolute Gasteiger partial charge is 0.258 e. The molecule has 0 atom stereocenters. The fourth-order valence-corrected chi connectivity index (χ4v) is 2.36. The predicted molar refractivity (Wildman–Crippen MR) is 103 cm³/mol. The highest BCUT2D eigenvalue weighted by atomic mass is 16.5. The number of para-hydroxylation sites is 2. The van der Waals surface area contributed by atoms with Crippen LogP contribution in [0, 0.1) is 0 Å². The third kappa shape index (κ3) is 6.08. The molecule has 150 valence electrons. The van der Waals surface area contributed by atoms with Crippen LogP contribution in [0.4, 0.5) is 0 Å². The number of rotatable bonds is 10. The van der Waals surface area contributed by atoms with Crippen molar-refractivity contribution in [2.24, 2.45) is 0 Å². The van der Waals surface area contributed by atoms with E-state index in [2.05, 4.69) is 10.6 Å². The molecule has 2 aromatic carbocycles. The molecule has 0 fully saturated rings. The second-order valence-corrected chi connectivity index (χ2v) is 5.68. The zero-order valence-corrected chi connectivity index (χ0v) is 16.1. The second kappa shape index (κ2) is 10.7. The predicted octanol–water partition coefficient (Wildman–Crippen LogP) is 1.52. The lowest BCUT2D eigenvalue weighted by Gasteiger charge is -2.11. The van der Waals surface area contributed by atoms with Gasteiger partial charge in [0.25, 0.3) is 5.91 Å². The summed E-state index contributed by atoms with van der Waals surface area (Å²) < 4.78 is 20.9. The molecule has 0 spiro atoms. The Morgan fingerprint density at radius 3 is 2.11 bits per heavy atom. The molecule has 0 unspecified atom stereocenters. The van der Waals surface area contributed by atoms with Crippen LogP contribution in [0.2, 0.25) is 0 Å². The van der Waals surface area contributed by atoms with Gasteiger partial charge in [0, 0.05) is 6.54 Å². The quantitative estimate of drug-likeness (QED) is 0.641. The first-order valence-electron chi connectivity index (χ1n) is 8.57. The number of hydrogen-bond acceptors (Lipinski definition) is 6. The van der Waals surface area contributed by atoms with Gasteiger partial charge in [-0.05, 0) is 29.8 Å². The number of methoxy groups -OCH3 is 3. The van der Waals surface area contributed by atoms with Gasteiger partial charge in [-0.3, -0.25) is 9.59 Å². The van der Waals surface area contributed by atoms with Crippen molar-refractivity contribution in [3.63, 3.8) is 0 Å². The van der Waals surface area contributed by atoms with Crippen LogP contribution in [0.15, 0.2) is 42.5 Å². The van der Waals surface area contributed by atoms with Crippen molar-refractivity contribution in [1.82, 2.24) is 10.6 Å². The molecule has 0 radical (unpaired) electrons. The summed E-state index contributed by atoms with van der Waals surface area (Å²) in [6.07, 6.45) is 0. The second-order valence-electron chi connectivity index (χ2n) is 5.68. The van der Waals surface area contributed by atoms with Gasteiger partial charge >= 0.3 is 0 Å². The minimum absolute atomic E-state index is 0.151. The molecule has 8 heteroatoms. The number of nitrogens with one attached hydrogen (secondary N) is 2. The fourth-order valence-electron chi connectivity index (χ4n) is 2.36. The Morgan fingerprint density at radius 2 is 1.43 bits per heavy atom. The minimum atomic E-state index is -0.410. The van der Waals surface area contributed by atoms with Crippen molar-refractivity contribution in [2.75, 3.05) is 34.5 Å². The monoisotopic (exact) mass is 388 g/mol. The molecule has 0 aromatic heterocycles. The SMILES string of the molecule is COc1ccc(CNC(=O)CNC(=O)COc2ccccc2OC)cc1OC. The van der Waals surface area contributed by atoms with Crippen LogP contribution in [-0.2, 0) is 16.1 Å². The van der Waals surface area contributed by atoms with Gasteiger partial charge in [0.15, 0.2) is 29.6 Å². The van der Waals surface area contributed by atoms with Crippen LogP contribution in [0.25, 0.3) is 0 Å². The maximum atomic E-state index is 11.9. The fraction of sp³-hybridized carbons (Fsp3) is 0.300. The lowest BCUT2D eigenvalue weighted by atomic mass is 10.2. The van der Waals surface area contributed by atoms with Gasteiger partial charge in [-0.1, -0.05) is 18.2 Å². The lowest BCUT2D eigenvalue weighted by molar-refractivity contribution is -0.127. The number of ether oxygens (including phenoxy) is 4. The zero-order chi connectivity index (χ0) is 20.4. The highest BCUT2D eigenvalue weighted by Crippen LogP contribution is 2.27. The van der Waals surface area contributed by atoms with Crippen LogP contribution in [-0.4, -0.2) is 46.3 Å². The molecule has 8 nitrogen and oxygen atoms in total. The van der Waals surface area contributed by atoms with E-state index in [1.807, 2.05) is 6.07 Å². The molecular formula is C20H24N2O6. The highest BCUT2D eigenvalue weighted by molar-refractivity contribution is 5.85. The first-order valence-corrected chi connectivity index (χ1v) is 8.57. The first-order chi connectivity index (χ1) is 13.6. The maximum absolute atomic E-state index is 11.9. The molecule has 0 saturated heterocycles. The third-order valence-electron chi connectivity index (χ3n) is 3.81. The van der Waals surface area contributed by atoms with E-state index in [-0.39, 0.29) is 19.1 Å². The summed E-state index contributed by atoms with van der Waals surface area (Å²) >= 11 is 0. The van der Waals surface area contributed by atoms with E-state index in [9.17, 15) is 9.59 Å². The molecule has 0 aliphatic heterocycles. The van der Waals surface area contributed by atoms with E-state index in [0.717, 1.165) is 5.56 Å². The molecule has 0 heterocycles. The Balaban J connectivity index is 1.74. The van der Waals surface area contributed by atoms with Crippen molar-refractivity contribution in [3.8, 4) is 23.0 Å². The van der Waals surface area contributed by atoms with E-state index in [1.54, 1.807) is 50.6 Å². The lowest BCUT2D eigenvalue weighted by Crippen LogP contribution is -2.38. The van der Waals surface area contributed by atoms with Crippen molar-refractivity contribution in [3.05, 3.63) is 48.0 Å². The molecule has 28 heavy (non-hydrogen) atoms. The summed E-state index contributed by atoms with van der Waals surface area (Å²) in [4.78, 5) is 23.8. The Morgan fingerprint density at radius 1 is 0.786 bits per heavy atom. The zero-order valence-electron chi connectivity index (χ0n) is 16.1. The Labute approximate surface area is 163 Å². The molecule has 2 N–H and O–H groups in total. The Kier molecular flexibility index (Phi) is 7.95. The molecule has 0 aliphatic rings. The van der Waals surface area contributed by atoms with E-state index in [1.165, 1.54) is 7.11 Å². The molecule has 2 rings (SSSR count). The van der Waals surface area contributed by atoms with Crippen LogP contribution >= 0.6 is 0 Å². The normalized spacial score (nSPS) is 9.96. The molecule has 2 aromatic rings. The summed E-state index contributed by atoms with van der Waals surface area (Å²) in [5.74, 6) is 1.45. The van der Waals surface area contributed by atoms with Gasteiger partial charge < -0.3 is 29.6 Å². The first kappa shape index (κ1) is 20.9. The molecular weight excluding hydrogens is 364 g/mol. The average molecular weight is 388 g/mol. The summed E-state index contributed by atoms with van der Waals surface area (Å²) in [5.41, 5.74) is 0.844. The topological polar surface area (TPSA) is 95.1 Å². The van der Waals surface area contributed by atoms with E-state index in [4.69, 9.17) is 18.9 Å². The number of carbonyl (C=O) groups is 2. The number of amides is 2. The summed E-state index contributed by atoms with van der Waals surface area (Å²) in [5, 5.41) is 5.23. The number of carbonyl (C=O) groups excluding carboxylic acids is 2. The van der Waals surface area contributed by atoms with Gasteiger partial charge in [-0.15, -0.1) is 0 Å². The number of hydrogen-bond donors (Lipinski definition) is 2. The van der Waals surface area contributed by atoms with E-state index >= 15 is 0 Å². The average Bonchev–Trinajstić information content (AvgIpc) is 2.74. The van der Waals surface area contributed by atoms with Crippen molar-refractivity contribution >= 4 is 11.8 Å². The van der Waals surface area contributed by atoms with Gasteiger partial charge in [0.1, 0.15) is 0 Å². The largest absolute Gasteiger partial charge is 0.493 e. The van der Waals surface area contributed by atoms with Gasteiger partial charge in [0.05, 0.1) is 27.9 Å².